The highest BCUT2D eigenvalue weighted by Crippen LogP contribution is 2.62. The van der Waals surface area contributed by atoms with E-state index in [0.717, 1.165) is 18.0 Å². The normalized spacial score (nSPS) is 45.2. The molecule has 2 aliphatic carbocycles. The summed E-state index contributed by atoms with van der Waals surface area (Å²) in [5.41, 5.74) is 1.08. The summed E-state index contributed by atoms with van der Waals surface area (Å²) in [5.74, 6) is 0.959. The van der Waals surface area contributed by atoms with Crippen molar-refractivity contribution in [2.24, 2.45) is 16.7 Å². The van der Waals surface area contributed by atoms with E-state index in [4.69, 9.17) is 0 Å². The maximum Gasteiger partial charge on any atom is 0.0221 e. The van der Waals surface area contributed by atoms with Crippen LogP contribution in [0.5, 0.6) is 0 Å². The Morgan fingerprint density at radius 2 is 2.00 bits per heavy atom. The van der Waals surface area contributed by atoms with E-state index in [1.165, 1.54) is 51.7 Å². The lowest BCUT2D eigenvalue weighted by Gasteiger charge is -2.44. The fourth-order valence-corrected chi connectivity index (χ4v) is 5.61. The Morgan fingerprint density at radius 3 is 2.63 bits per heavy atom. The van der Waals surface area contributed by atoms with Crippen LogP contribution in [0.4, 0.5) is 0 Å². The highest BCUT2D eigenvalue weighted by atomic mass is 15.2. The molecule has 0 amide bonds. The number of hydrogen-bond acceptors (Lipinski definition) is 2. The molecule has 0 aromatic carbocycles. The Hall–Kier alpha value is -0.0800. The van der Waals surface area contributed by atoms with Crippen molar-refractivity contribution in [3.8, 4) is 0 Å². The maximum absolute atomic E-state index is 4.01. The highest BCUT2D eigenvalue weighted by Gasteiger charge is 2.59. The van der Waals surface area contributed by atoms with E-state index in [0.29, 0.717) is 10.8 Å². The molecule has 3 aliphatic rings. The summed E-state index contributed by atoms with van der Waals surface area (Å²) in [5, 5.41) is 4.01. The molecule has 2 unspecified atom stereocenters. The summed E-state index contributed by atoms with van der Waals surface area (Å²) in [6, 6.07) is 1.53. The van der Waals surface area contributed by atoms with Gasteiger partial charge in [0.15, 0.2) is 0 Å². The third-order valence-corrected chi connectivity index (χ3v) is 6.73. The molecule has 1 heterocycles. The molecular formula is C17H32N2. The van der Waals surface area contributed by atoms with Crippen LogP contribution in [0.3, 0.4) is 0 Å². The molecule has 0 spiro atoms. The predicted molar refractivity (Wildman–Crippen MR) is 81.3 cm³/mol. The molecule has 1 aliphatic heterocycles. The third kappa shape index (κ3) is 2.15. The molecule has 2 saturated carbocycles. The lowest BCUT2D eigenvalue weighted by atomic mass is 9.68. The van der Waals surface area contributed by atoms with E-state index < -0.39 is 0 Å². The standard InChI is InChI=1S/C17H32N2/c1-5-19-10-6-7-14(19)12-18-15-16(2,3)13-8-9-17(15,4)11-13/h13-15,18H,5-12H2,1-4H3/t13-,14?,15?,17+/m0/s1. The quantitative estimate of drug-likeness (QED) is 0.838. The second kappa shape index (κ2) is 4.73. The number of likely N-dealkylation sites (N-methyl/N-ethyl adjacent to an activating group) is 1. The van der Waals surface area contributed by atoms with Gasteiger partial charge < -0.3 is 5.32 Å². The second-order valence-electron chi connectivity index (χ2n) is 8.18. The number of nitrogens with zero attached hydrogens (tertiary/aromatic N) is 1. The van der Waals surface area contributed by atoms with Gasteiger partial charge in [0.1, 0.15) is 0 Å². The average molecular weight is 264 g/mol. The molecular weight excluding hydrogens is 232 g/mol. The minimum atomic E-state index is 0.503. The molecule has 2 heteroatoms. The summed E-state index contributed by atoms with van der Waals surface area (Å²) >= 11 is 0. The van der Waals surface area contributed by atoms with Crippen LogP contribution in [0.15, 0.2) is 0 Å². The minimum absolute atomic E-state index is 0.503. The highest BCUT2D eigenvalue weighted by molar-refractivity contribution is 5.12. The number of hydrogen-bond donors (Lipinski definition) is 1. The zero-order valence-corrected chi connectivity index (χ0v) is 13.3. The Labute approximate surface area is 119 Å². The van der Waals surface area contributed by atoms with Crippen molar-refractivity contribution in [3.63, 3.8) is 0 Å². The van der Waals surface area contributed by atoms with E-state index in [2.05, 4.69) is 37.9 Å². The van der Waals surface area contributed by atoms with E-state index >= 15 is 0 Å². The van der Waals surface area contributed by atoms with Crippen molar-refractivity contribution < 1.29 is 0 Å². The average Bonchev–Trinajstić information content (AvgIpc) is 2.99. The van der Waals surface area contributed by atoms with Crippen LogP contribution in [0.1, 0.15) is 59.8 Å². The molecule has 0 aromatic heterocycles. The van der Waals surface area contributed by atoms with E-state index in [1.54, 1.807) is 0 Å². The summed E-state index contributed by atoms with van der Waals surface area (Å²) in [6.45, 7) is 13.6. The zero-order valence-electron chi connectivity index (χ0n) is 13.3. The van der Waals surface area contributed by atoms with E-state index in [9.17, 15) is 0 Å². The van der Waals surface area contributed by atoms with Crippen molar-refractivity contribution in [1.82, 2.24) is 10.2 Å². The summed E-state index contributed by atoms with van der Waals surface area (Å²) in [7, 11) is 0. The van der Waals surface area contributed by atoms with Gasteiger partial charge in [0.05, 0.1) is 0 Å². The van der Waals surface area contributed by atoms with Gasteiger partial charge in [-0.1, -0.05) is 27.7 Å². The Bertz CT molecular complexity index is 333. The van der Waals surface area contributed by atoms with Crippen LogP contribution in [-0.4, -0.2) is 36.6 Å². The fraction of sp³-hybridized carbons (Fsp3) is 1.00. The van der Waals surface area contributed by atoms with Gasteiger partial charge in [0.2, 0.25) is 0 Å². The first-order valence-corrected chi connectivity index (χ1v) is 8.45. The topological polar surface area (TPSA) is 15.3 Å². The number of rotatable bonds is 4. The molecule has 3 fully saturated rings. The fourth-order valence-electron chi connectivity index (χ4n) is 5.61. The van der Waals surface area contributed by atoms with Crippen LogP contribution in [-0.2, 0) is 0 Å². The van der Waals surface area contributed by atoms with Crippen LogP contribution >= 0.6 is 0 Å². The second-order valence-corrected chi connectivity index (χ2v) is 8.18. The smallest absolute Gasteiger partial charge is 0.0221 e. The van der Waals surface area contributed by atoms with Crippen LogP contribution in [0.2, 0.25) is 0 Å². The zero-order chi connectivity index (χ0) is 13.7. The molecule has 2 bridgehead atoms. The van der Waals surface area contributed by atoms with Crippen molar-refractivity contribution in [2.45, 2.75) is 71.9 Å². The first-order valence-electron chi connectivity index (χ1n) is 8.45. The number of nitrogens with one attached hydrogen (secondary N) is 1. The van der Waals surface area contributed by atoms with Gasteiger partial charge in [-0.15, -0.1) is 0 Å². The lowest BCUT2D eigenvalue weighted by Crippen LogP contribution is -2.53. The van der Waals surface area contributed by atoms with Gasteiger partial charge >= 0.3 is 0 Å². The van der Waals surface area contributed by atoms with Gasteiger partial charge in [-0.25, -0.2) is 0 Å². The van der Waals surface area contributed by atoms with Gasteiger partial charge in [-0.2, -0.15) is 0 Å². The SMILES string of the molecule is CCN1CCCC1CNC1C(C)(C)[C@H]2CC[C@]1(C)C2. The Kier molecular flexibility index (Phi) is 3.46. The van der Waals surface area contributed by atoms with Crippen molar-refractivity contribution in [2.75, 3.05) is 19.6 Å². The first kappa shape index (κ1) is 13.9. The van der Waals surface area contributed by atoms with Crippen molar-refractivity contribution in [1.29, 1.82) is 0 Å². The minimum Gasteiger partial charge on any atom is -0.311 e. The number of fused-ring (bicyclic) bond motifs is 2. The first-order chi connectivity index (χ1) is 8.97. The monoisotopic (exact) mass is 264 g/mol. The maximum atomic E-state index is 4.01. The van der Waals surface area contributed by atoms with Crippen LogP contribution in [0, 0.1) is 16.7 Å². The molecule has 0 aromatic rings. The molecule has 110 valence electrons. The van der Waals surface area contributed by atoms with Gasteiger partial charge in [-0.05, 0) is 61.9 Å². The summed E-state index contributed by atoms with van der Waals surface area (Å²) in [6.07, 6.45) is 7.16. The molecule has 3 rings (SSSR count). The van der Waals surface area contributed by atoms with E-state index in [-0.39, 0.29) is 0 Å². The molecule has 0 radical (unpaired) electrons. The van der Waals surface area contributed by atoms with Gasteiger partial charge in [0.25, 0.3) is 0 Å². The Morgan fingerprint density at radius 1 is 1.21 bits per heavy atom. The van der Waals surface area contributed by atoms with Gasteiger partial charge in [-0.3, -0.25) is 4.90 Å². The molecule has 19 heavy (non-hydrogen) atoms. The van der Waals surface area contributed by atoms with Gasteiger partial charge in [0, 0.05) is 18.6 Å². The predicted octanol–water partition coefficient (Wildman–Crippen LogP) is 3.28. The Balaban J connectivity index is 1.63. The lowest BCUT2D eigenvalue weighted by molar-refractivity contribution is 0.101. The number of likely N-dealkylation sites (tertiary alicyclic amines) is 1. The van der Waals surface area contributed by atoms with Crippen molar-refractivity contribution >= 4 is 0 Å². The summed E-state index contributed by atoms with van der Waals surface area (Å²) < 4.78 is 0. The van der Waals surface area contributed by atoms with Crippen LogP contribution < -0.4 is 5.32 Å². The van der Waals surface area contributed by atoms with Crippen molar-refractivity contribution in [3.05, 3.63) is 0 Å². The van der Waals surface area contributed by atoms with Crippen LogP contribution in [0.25, 0.3) is 0 Å². The summed E-state index contributed by atoms with van der Waals surface area (Å²) in [4.78, 5) is 2.66. The molecule has 2 nitrogen and oxygen atoms in total. The molecule has 1 saturated heterocycles. The van der Waals surface area contributed by atoms with E-state index in [1.807, 2.05) is 0 Å². The molecule has 4 atom stereocenters. The molecule has 1 N–H and O–H groups in total. The largest absolute Gasteiger partial charge is 0.311 e. The third-order valence-electron chi connectivity index (χ3n) is 6.73.